The average Bonchev–Trinajstić information content (AvgIpc) is 3.30. The van der Waals surface area contributed by atoms with Gasteiger partial charge >= 0.3 is 5.97 Å². The molecule has 0 bridgehead atoms. The maximum absolute atomic E-state index is 13.9. The number of fused-ring (bicyclic) bond motifs is 1. The van der Waals surface area contributed by atoms with E-state index < -0.39 is 23.1 Å². The highest BCUT2D eigenvalue weighted by molar-refractivity contribution is 5.92. The Labute approximate surface area is 200 Å². The van der Waals surface area contributed by atoms with Crippen LogP contribution in [0.1, 0.15) is 99.8 Å². The van der Waals surface area contributed by atoms with Gasteiger partial charge in [-0.2, -0.15) is 0 Å². The lowest BCUT2D eigenvalue weighted by Crippen LogP contribution is -2.58. The lowest BCUT2D eigenvalue weighted by molar-refractivity contribution is -0.165. The largest absolute Gasteiger partial charge is 0.458 e. The van der Waals surface area contributed by atoms with Gasteiger partial charge in [0.1, 0.15) is 17.7 Å². The van der Waals surface area contributed by atoms with Crippen LogP contribution in [0, 0.1) is 29.1 Å². The Kier molecular flexibility index (Phi) is 7.85. The molecule has 0 spiro atoms. The Hall–Kier alpha value is -1.59. The molecule has 1 heterocycles. The van der Waals surface area contributed by atoms with E-state index in [0.29, 0.717) is 18.4 Å². The van der Waals surface area contributed by atoms with Crippen molar-refractivity contribution in [2.45, 2.75) is 118 Å². The minimum Gasteiger partial charge on any atom is -0.458 e. The zero-order valence-electron chi connectivity index (χ0n) is 21.9. The molecular formula is C27H46N2O4. The van der Waals surface area contributed by atoms with Gasteiger partial charge in [0.2, 0.25) is 11.8 Å². The molecule has 33 heavy (non-hydrogen) atoms. The summed E-state index contributed by atoms with van der Waals surface area (Å²) in [5.74, 6) is 0.281. The summed E-state index contributed by atoms with van der Waals surface area (Å²) in [6.45, 7) is 14.1. The van der Waals surface area contributed by atoms with E-state index in [1.807, 2.05) is 48.5 Å². The lowest BCUT2D eigenvalue weighted by atomic mass is 9.79. The van der Waals surface area contributed by atoms with Crippen LogP contribution in [-0.4, -0.2) is 46.9 Å². The lowest BCUT2D eigenvalue weighted by Gasteiger charge is -2.37. The van der Waals surface area contributed by atoms with Crippen molar-refractivity contribution in [1.29, 1.82) is 0 Å². The van der Waals surface area contributed by atoms with Crippen molar-refractivity contribution in [3.05, 3.63) is 0 Å². The van der Waals surface area contributed by atoms with Crippen molar-refractivity contribution in [3.63, 3.8) is 0 Å². The zero-order chi connectivity index (χ0) is 24.6. The van der Waals surface area contributed by atoms with Gasteiger partial charge in [0, 0.05) is 12.5 Å². The van der Waals surface area contributed by atoms with E-state index in [2.05, 4.69) is 5.32 Å². The van der Waals surface area contributed by atoms with Crippen molar-refractivity contribution in [2.75, 3.05) is 6.54 Å². The van der Waals surface area contributed by atoms with E-state index in [0.717, 1.165) is 32.1 Å². The Morgan fingerprint density at radius 3 is 2.12 bits per heavy atom. The van der Waals surface area contributed by atoms with Gasteiger partial charge in [-0.05, 0) is 69.6 Å². The quantitative estimate of drug-likeness (QED) is 0.601. The van der Waals surface area contributed by atoms with E-state index in [1.54, 1.807) is 4.90 Å². The monoisotopic (exact) mass is 462 g/mol. The summed E-state index contributed by atoms with van der Waals surface area (Å²) in [6, 6.07) is -1.22. The average molecular weight is 463 g/mol. The zero-order valence-corrected chi connectivity index (χ0v) is 21.9. The molecule has 0 aromatic heterocycles. The minimum atomic E-state index is -0.667. The number of nitrogens with one attached hydrogen (secondary N) is 1. The van der Waals surface area contributed by atoms with E-state index in [1.165, 1.54) is 19.3 Å². The second kappa shape index (κ2) is 9.95. The number of hydrogen-bond acceptors (Lipinski definition) is 4. The topological polar surface area (TPSA) is 75.7 Å². The van der Waals surface area contributed by atoms with Gasteiger partial charge in [0.05, 0.1) is 0 Å². The fourth-order valence-corrected chi connectivity index (χ4v) is 6.13. The number of ether oxygens (including phenoxy) is 1. The third kappa shape index (κ3) is 6.10. The molecule has 1 N–H and O–H groups in total. The van der Waals surface area contributed by atoms with Crippen molar-refractivity contribution < 1.29 is 19.1 Å². The fraction of sp³-hybridized carbons (Fsp3) is 0.889. The summed E-state index contributed by atoms with van der Waals surface area (Å²) in [5.41, 5.74) is -1.06. The van der Waals surface area contributed by atoms with Gasteiger partial charge in [0.15, 0.2) is 0 Å². The Bertz CT molecular complexity index is 729. The molecule has 3 aliphatic rings. The van der Waals surface area contributed by atoms with Gasteiger partial charge in [-0.15, -0.1) is 0 Å². The number of likely N-dealkylation sites (tertiary alicyclic amines) is 1. The summed E-state index contributed by atoms with van der Waals surface area (Å²) in [6.07, 6.45) is 8.85. The number of nitrogens with zero attached hydrogens (tertiary/aromatic N) is 1. The third-order valence-corrected chi connectivity index (χ3v) is 7.99. The molecule has 1 aliphatic heterocycles. The van der Waals surface area contributed by atoms with Gasteiger partial charge < -0.3 is 15.0 Å². The minimum absolute atomic E-state index is 0.0385. The number of rotatable bonds is 5. The van der Waals surface area contributed by atoms with Crippen LogP contribution >= 0.6 is 0 Å². The maximum atomic E-state index is 13.9. The van der Waals surface area contributed by atoms with Crippen LogP contribution in [0.15, 0.2) is 0 Å². The third-order valence-electron chi connectivity index (χ3n) is 7.99. The Balaban J connectivity index is 1.79. The molecule has 6 heteroatoms. The SMILES string of the molecule is C[C@H](C(=O)N[C@H](C(=O)N1C[C@@H]2CCC[C@@H]2C1C(=O)OC(C)(C)C)C(C)(C)C)C1CCCCC1. The molecule has 3 rings (SSSR count). The molecule has 188 valence electrons. The van der Waals surface area contributed by atoms with Crippen molar-refractivity contribution >= 4 is 17.8 Å². The highest BCUT2D eigenvalue weighted by Gasteiger charge is 2.53. The molecule has 0 radical (unpaired) electrons. The van der Waals surface area contributed by atoms with Crippen molar-refractivity contribution in [3.8, 4) is 0 Å². The molecule has 6 nitrogen and oxygen atoms in total. The van der Waals surface area contributed by atoms with E-state index in [9.17, 15) is 14.4 Å². The molecule has 0 aromatic rings. The summed E-state index contributed by atoms with van der Waals surface area (Å²) in [4.78, 5) is 42.2. The first kappa shape index (κ1) is 26.0. The summed E-state index contributed by atoms with van der Waals surface area (Å²) >= 11 is 0. The van der Waals surface area contributed by atoms with Crippen LogP contribution in [0.3, 0.4) is 0 Å². The van der Waals surface area contributed by atoms with E-state index in [4.69, 9.17) is 4.74 Å². The second-order valence-electron chi connectivity index (χ2n) is 12.8. The second-order valence-corrected chi connectivity index (χ2v) is 12.8. The molecule has 3 fully saturated rings. The molecular weight excluding hydrogens is 416 g/mol. The summed E-state index contributed by atoms with van der Waals surface area (Å²) in [7, 11) is 0. The standard InChI is InChI=1S/C27H46N2O4/c1-17(18-12-9-8-10-13-18)23(30)28-22(26(2,3)4)24(31)29-16-19-14-11-15-20(19)21(29)25(32)33-27(5,6)7/h17-22H,8-16H2,1-7H3,(H,28,30)/t17-,19-,20-,21?,22+/m0/s1. The van der Waals surface area contributed by atoms with Crippen LogP contribution in [-0.2, 0) is 19.1 Å². The number of carbonyl (C=O) groups excluding carboxylic acids is 3. The predicted octanol–water partition coefficient (Wildman–Crippen LogP) is 4.70. The Morgan fingerprint density at radius 2 is 1.55 bits per heavy atom. The Morgan fingerprint density at radius 1 is 0.909 bits per heavy atom. The summed E-state index contributed by atoms with van der Waals surface area (Å²) in [5, 5.41) is 3.12. The maximum Gasteiger partial charge on any atom is 0.329 e. The predicted molar refractivity (Wildman–Crippen MR) is 129 cm³/mol. The molecule has 2 aliphatic carbocycles. The smallest absolute Gasteiger partial charge is 0.329 e. The van der Waals surface area contributed by atoms with Crippen LogP contribution < -0.4 is 5.32 Å². The molecule has 2 amide bonds. The van der Waals surface area contributed by atoms with Crippen LogP contribution in [0.5, 0.6) is 0 Å². The fourth-order valence-electron chi connectivity index (χ4n) is 6.13. The van der Waals surface area contributed by atoms with Crippen LogP contribution in [0.25, 0.3) is 0 Å². The number of esters is 1. The molecule has 5 atom stereocenters. The molecule has 1 unspecified atom stereocenters. The first-order chi connectivity index (χ1) is 15.3. The normalized spacial score (nSPS) is 28.2. The highest BCUT2D eigenvalue weighted by Crippen LogP contribution is 2.44. The number of hydrogen-bond donors (Lipinski definition) is 1. The molecule has 1 saturated heterocycles. The van der Waals surface area contributed by atoms with E-state index >= 15 is 0 Å². The molecule has 0 aromatic carbocycles. The van der Waals surface area contributed by atoms with Gasteiger partial charge in [-0.1, -0.05) is 53.4 Å². The van der Waals surface area contributed by atoms with Gasteiger partial charge in [0.25, 0.3) is 0 Å². The van der Waals surface area contributed by atoms with Gasteiger partial charge in [-0.25, -0.2) is 4.79 Å². The summed E-state index contributed by atoms with van der Waals surface area (Å²) < 4.78 is 5.75. The van der Waals surface area contributed by atoms with Crippen molar-refractivity contribution in [1.82, 2.24) is 10.2 Å². The van der Waals surface area contributed by atoms with E-state index in [-0.39, 0.29) is 29.6 Å². The van der Waals surface area contributed by atoms with Gasteiger partial charge in [-0.3, -0.25) is 9.59 Å². The van der Waals surface area contributed by atoms with Crippen LogP contribution in [0.2, 0.25) is 0 Å². The van der Waals surface area contributed by atoms with Crippen molar-refractivity contribution in [2.24, 2.45) is 29.1 Å². The highest BCUT2D eigenvalue weighted by atomic mass is 16.6. The number of carbonyl (C=O) groups is 3. The molecule has 2 saturated carbocycles. The first-order valence-corrected chi connectivity index (χ1v) is 13.1. The number of amides is 2. The first-order valence-electron chi connectivity index (χ1n) is 13.1. The van der Waals surface area contributed by atoms with Crippen LogP contribution in [0.4, 0.5) is 0 Å².